The summed E-state index contributed by atoms with van der Waals surface area (Å²) in [4.78, 5) is 4.35. The number of hydrogen-bond acceptors (Lipinski definition) is 2. The van der Waals surface area contributed by atoms with Crippen LogP contribution in [0, 0.1) is 0 Å². The second-order valence-corrected chi connectivity index (χ2v) is 3.79. The zero-order chi connectivity index (χ0) is 10.1. The highest BCUT2D eigenvalue weighted by molar-refractivity contribution is 5.30. The minimum Gasteiger partial charge on any atom is -0.298 e. The summed E-state index contributed by atoms with van der Waals surface area (Å²) in [7, 11) is 0. The molecule has 1 aromatic carbocycles. The van der Waals surface area contributed by atoms with E-state index in [1.165, 1.54) is 5.56 Å². The first-order valence-electron chi connectivity index (χ1n) is 5.17. The molecule has 0 bridgehead atoms. The minimum absolute atomic E-state index is 0.397. The molecule has 15 heavy (non-hydrogen) atoms. The van der Waals surface area contributed by atoms with Crippen molar-refractivity contribution in [3.05, 3.63) is 66.0 Å². The second kappa shape index (κ2) is 3.48. The van der Waals surface area contributed by atoms with Gasteiger partial charge in [-0.05, 0) is 17.7 Å². The number of rotatable bonds is 2. The molecule has 1 saturated heterocycles. The van der Waals surface area contributed by atoms with Crippen LogP contribution in [-0.4, -0.2) is 4.98 Å². The van der Waals surface area contributed by atoms with Crippen molar-refractivity contribution >= 4 is 0 Å². The van der Waals surface area contributed by atoms with Crippen LogP contribution in [0.1, 0.15) is 23.3 Å². The molecule has 1 fully saturated rings. The molecule has 2 nitrogen and oxygen atoms in total. The Morgan fingerprint density at radius 3 is 2.40 bits per heavy atom. The first kappa shape index (κ1) is 8.62. The third-order valence-electron chi connectivity index (χ3n) is 2.75. The Hall–Kier alpha value is -1.67. The fourth-order valence-corrected chi connectivity index (χ4v) is 1.90. The van der Waals surface area contributed by atoms with Gasteiger partial charge in [0.25, 0.3) is 0 Å². The molecule has 1 aromatic heterocycles. The van der Waals surface area contributed by atoms with Crippen LogP contribution in [0.3, 0.4) is 0 Å². The number of nitrogens with one attached hydrogen (secondary N) is 1. The number of benzene rings is 1. The molecule has 0 radical (unpaired) electrons. The van der Waals surface area contributed by atoms with Crippen LogP contribution in [0.15, 0.2) is 54.7 Å². The van der Waals surface area contributed by atoms with Gasteiger partial charge in [-0.3, -0.25) is 10.3 Å². The largest absolute Gasteiger partial charge is 0.298 e. The summed E-state index contributed by atoms with van der Waals surface area (Å²) in [5.74, 6) is 0. The van der Waals surface area contributed by atoms with E-state index in [-0.39, 0.29) is 0 Å². The molecule has 1 aliphatic heterocycles. The Morgan fingerprint density at radius 2 is 1.67 bits per heavy atom. The summed E-state index contributed by atoms with van der Waals surface area (Å²) in [6.07, 6.45) is 1.84. The van der Waals surface area contributed by atoms with Gasteiger partial charge in [0, 0.05) is 6.20 Å². The van der Waals surface area contributed by atoms with Crippen molar-refractivity contribution < 1.29 is 0 Å². The highest BCUT2D eigenvalue weighted by Gasteiger charge is 2.39. The third-order valence-corrected chi connectivity index (χ3v) is 2.75. The molecule has 0 spiro atoms. The van der Waals surface area contributed by atoms with Crippen molar-refractivity contribution in [1.82, 2.24) is 10.3 Å². The standard InChI is InChI=1S/C13H12N2/c1-2-6-10(7-3-1)12-13(15-12)11-8-4-5-9-14-11/h1-9,12-13,15H. The first-order chi connectivity index (χ1) is 7.45. The van der Waals surface area contributed by atoms with E-state index in [2.05, 4.69) is 40.6 Å². The van der Waals surface area contributed by atoms with Crippen LogP contribution in [0.5, 0.6) is 0 Å². The van der Waals surface area contributed by atoms with E-state index in [0.29, 0.717) is 12.1 Å². The molecule has 2 heteroatoms. The van der Waals surface area contributed by atoms with Crippen LogP contribution < -0.4 is 5.32 Å². The fourth-order valence-electron chi connectivity index (χ4n) is 1.90. The molecule has 2 heterocycles. The molecule has 0 saturated carbocycles. The van der Waals surface area contributed by atoms with E-state index in [4.69, 9.17) is 0 Å². The lowest BCUT2D eigenvalue weighted by Crippen LogP contribution is -1.87. The SMILES string of the molecule is c1ccc(C2NC2c2ccccn2)cc1. The van der Waals surface area contributed by atoms with Gasteiger partial charge in [0.2, 0.25) is 0 Å². The van der Waals surface area contributed by atoms with E-state index < -0.39 is 0 Å². The van der Waals surface area contributed by atoms with Gasteiger partial charge in [0.15, 0.2) is 0 Å². The van der Waals surface area contributed by atoms with E-state index in [9.17, 15) is 0 Å². The van der Waals surface area contributed by atoms with E-state index in [1.54, 1.807) is 0 Å². The third kappa shape index (κ3) is 1.64. The summed E-state index contributed by atoms with van der Waals surface area (Å²) in [5.41, 5.74) is 2.47. The summed E-state index contributed by atoms with van der Waals surface area (Å²) in [5, 5.41) is 3.44. The van der Waals surface area contributed by atoms with Gasteiger partial charge in [-0.15, -0.1) is 0 Å². The Bertz CT molecular complexity index is 395. The normalized spacial score (nSPS) is 23.7. The Kier molecular flexibility index (Phi) is 2.00. The summed E-state index contributed by atoms with van der Waals surface area (Å²) in [6.45, 7) is 0. The Morgan fingerprint density at radius 1 is 0.867 bits per heavy atom. The molecule has 3 rings (SSSR count). The summed E-state index contributed by atoms with van der Waals surface area (Å²) >= 11 is 0. The van der Waals surface area contributed by atoms with E-state index in [0.717, 1.165) is 5.69 Å². The zero-order valence-corrected chi connectivity index (χ0v) is 8.30. The first-order valence-corrected chi connectivity index (χ1v) is 5.17. The van der Waals surface area contributed by atoms with Crippen LogP contribution in [0.2, 0.25) is 0 Å². The highest BCUT2D eigenvalue weighted by Crippen LogP contribution is 2.40. The molecular weight excluding hydrogens is 184 g/mol. The van der Waals surface area contributed by atoms with Crippen molar-refractivity contribution in [2.45, 2.75) is 12.1 Å². The van der Waals surface area contributed by atoms with Crippen LogP contribution in [0.25, 0.3) is 0 Å². The molecule has 0 amide bonds. The van der Waals surface area contributed by atoms with Gasteiger partial charge in [0.05, 0.1) is 17.8 Å². The van der Waals surface area contributed by atoms with Crippen molar-refractivity contribution in [3.8, 4) is 0 Å². The van der Waals surface area contributed by atoms with Gasteiger partial charge in [-0.25, -0.2) is 0 Å². The lowest BCUT2D eigenvalue weighted by Gasteiger charge is -1.97. The molecule has 0 aliphatic carbocycles. The summed E-state index contributed by atoms with van der Waals surface area (Å²) in [6, 6.07) is 17.4. The molecule has 1 N–H and O–H groups in total. The lowest BCUT2D eigenvalue weighted by atomic mass is 10.1. The average Bonchev–Trinajstić information content (AvgIpc) is 3.11. The Balaban J connectivity index is 1.81. The predicted molar refractivity (Wildman–Crippen MR) is 59.3 cm³/mol. The van der Waals surface area contributed by atoms with Crippen LogP contribution in [0.4, 0.5) is 0 Å². The van der Waals surface area contributed by atoms with Crippen molar-refractivity contribution in [3.63, 3.8) is 0 Å². The van der Waals surface area contributed by atoms with Gasteiger partial charge in [0.1, 0.15) is 0 Å². The quantitative estimate of drug-likeness (QED) is 0.749. The van der Waals surface area contributed by atoms with E-state index in [1.807, 2.05) is 24.4 Å². The lowest BCUT2D eigenvalue weighted by molar-refractivity contribution is 0.962. The maximum absolute atomic E-state index is 4.35. The molecular formula is C13H12N2. The second-order valence-electron chi connectivity index (χ2n) is 3.79. The van der Waals surface area contributed by atoms with Gasteiger partial charge in [-0.1, -0.05) is 36.4 Å². The molecule has 2 aromatic rings. The minimum atomic E-state index is 0.397. The number of hydrogen-bond donors (Lipinski definition) is 1. The molecule has 2 unspecified atom stereocenters. The average molecular weight is 196 g/mol. The molecule has 2 atom stereocenters. The van der Waals surface area contributed by atoms with Crippen molar-refractivity contribution in [2.75, 3.05) is 0 Å². The van der Waals surface area contributed by atoms with Crippen LogP contribution in [-0.2, 0) is 0 Å². The number of pyridine rings is 1. The number of aromatic nitrogens is 1. The zero-order valence-electron chi connectivity index (χ0n) is 8.30. The van der Waals surface area contributed by atoms with Gasteiger partial charge >= 0.3 is 0 Å². The van der Waals surface area contributed by atoms with Gasteiger partial charge < -0.3 is 0 Å². The predicted octanol–water partition coefficient (Wildman–Crippen LogP) is 2.47. The smallest absolute Gasteiger partial charge is 0.0698 e. The molecule has 74 valence electrons. The summed E-state index contributed by atoms with van der Waals surface area (Å²) < 4.78 is 0. The van der Waals surface area contributed by atoms with Gasteiger partial charge in [-0.2, -0.15) is 0 Å². The topological polar surface area (TPSA) is 34.8 Å². The van der Waals surface area contributed by atoms with E-state index >= 15 is 0 Å². The fraction of sp³-hybridized carbons (Fsp3) is 0.154. The highest BCUT2D eigenvalue weighted by atomic mass is 15.2. The molecule has 1 aliphatic rings. The number of nitrogens with zero attached hydrogens (tertiary/aromatic N) is 1. The monoisotopic (exact) mass is 196 g/mol. The van der Waals surface area contributed by atoms with Crippen LogP contribution >= 0.6 is 0 Å². The van der Waals surface area contributed by atoms with Crippen molar-refractivity contribution in [1.29, 1.82) is 0 Å². The maximum Gasteiger partial charge on any atom is 0.0698 e. The Labute approximate surface area is 89.0 Å². The maximum atomic E-state index is 4.35. The van der Waals surface area contributed by atoms with Crippen molar-refractivity contribution in [2.24, 2.45) is 0 Å².